The molecule has 0 aromatic rings. The Bertz CT molecular complexity index is 2720. The fourth-order valence-corrected chi connectivity index (χ4v) is 31.0. The topological polar surface area (TPSA) is 264 Å². The maximum Gasteiger partial charge on any atom is 0.307 e. The third-order valence-corrected chi connectivity index (χ3v) is 33.8. The molecule has 0 aromatic carbocycles. The van der Waals surface area contributed by atoms with Crippen molar-refractivity contribution in [1.82, 2.24) is 0 Å². The van der Waals surface area contributed by atoms with E-state index >= 15 is 0 Å². The summed E-state index contributed by atoms with van der Waals surface area (Å²) in [7, 11) is 0. The van der Waals surface area contributed by atoms with Gasteiger partial charge in [-0.05, 0) is 304 Å². The van der Waals surface area contributed by atoms with E-state index in [-0.39, 0.29) is 36.5 Å². The van der Waals surface area contributed by atoms with E-state index in [4.69, 9.17) is 20.4 Å². The third-order valence-electron chi connectivity index (χ3n) is 33.8. The van der Waals surface area contributed by atoms with Crippen LogP contribution >= 0.6 is 0 Å². The van der Waals surface area contributed by atoms with Crippen molar-refractivity contribution in [2.45, 2.75) is 274 Å². The zero-order valence-electron chi connectivity index (χ0n) is 62.4. The van der Waals surface area contributed by atoms with Crippen LogP contribution in [0.1, 0.15) is 262 Å². The van der Waals surface area contributed by atoms with E-state index in [0.29, 0.717) is 54.3 Å². The van der Waals surface area contributed by atoms with Gasteiger partial charge in [-0.25, -0.2) is 0 Å². The standard InChI is InChI=1S/C18H30O3.C17H28O3.C17H28O2.C16H24O4.C16H26O2/c1-4-10-6-11(5-2)17-13-7-12(16(10)17)8-14(13)18(3,21)9-15(19)20;1-3-9-5-10(4-2)17-13-7-11(16(9)17)6-12(13)14(18)8-15(19)20;1-3-10-7-11(4-2)17-14-9-13(16(10)17)8-12(14)5-6-15(18)19;1-3-7-5-8(4-2)12-10-6-9(11(7)12)13(15(17)18)14(10)16(19)20;1-3-9-5-10(4-2)16-13-7-12(15(9)16)6-11(13)8-14(17)18/h10-14,16-17,21H,4-9H2,1-3H3,(H,19,20);9-14,16-18H,3-8H2,1-2H3,(H,19,20);10-14,16-17H,3-9H2,1-2H3,(H,18,19);7-14H,3-6H2,1-2H3,(H,17,18)(H,19,20);9-13,15-16H,3-8H2,1-2H3,(H,17,18). The highest BCUT2D eigenvalue weighted by molar-refractivity contribution is 5.82. The SMILES string of the molecule is CCC1CC(CC)C2C3CC(C(C(=O)O)C3C(=O)O)C12.CCC1CC(CC)C2C3CC(CC3C(C)(O)CC(=O)O)C12.CCC1CC(CC)C2C3CC(CC3C(O)CC(=O)O)C12.CCC1CC(CC)C2C3CC(CC3CC(=O)O)C12.CCC1CC(CC)C2C3CC(CC3CCC(=O)O)C12. The summed E-state index contributed by atoms with van der Waals surface area (Å²) in [6.07, 6.45) is 31.2. The van der Waals surface area contributed by atoms with Crippen molar-refractivity contribution in [3.8, 4) is 0 Å². The number of hydrogen-bond acceptors (Lipinski definition) is 8. The van der Waals surface area contributed by atoms with Crippen LogP contribution in [0.4, 0.5) is 0 Å². The van der Waals surface area contributed by atoms with E-state index in [9.17, 15) is 49.2 Å². The number of aliphatic hydroxyl groups excluding tert-OH is 1. The molecular formula is C84H136O14. The second kappa shape index (κ2) is 31.2. The lowest BCUT2D eigenvalue weighted by molar-refractivity contribution is -0.159. The van der Waals surface area contributed by atoms with E-state index in [1.165, 1.54) is 122 Å². The maximum absolute atomic E-state index is 11.6. The van der Waals surface area contributed by atoms with Crippen molar-refractivity contribution in [3.05, 3.63) is 0 Å². The highest BCUT2D eigenvalue weighted by Gasteiger charge is 2.68. The Balaban J connectivity index is 0.000000124. The van der Waals surface area contributed by atoms with Crippen LogP contribution < -0.4 is 0 Å². The minimum absolute atomic E-state index is 0.0702. The molecule has 0 spiro atoms. The van der Waals surface area contributed by atoms with Crippen LogP contribution in [0.25, 0.3) is 0 Å². The van der Waals surface area contributed by atoms with Gasteiger partial charge in [0.25, 0.3) is 0 Å². The average molecular weight is 1370 g/mol. The number of carbonyl (C=O) groups is 6. The van der Waals surface area contributed by atoms with Gasteiger partial charge in [0.05, 0.1) is 36.4 Å². The fraction of sp³-hybridized carbons (Fsp3) is 0.929. The maximum atomic E-state index is 11.6. The van der Waals surface area contributed by atoms with Crippen LogP contribution in [0.15, 0.2) is 0 Å². The number of fused-ring (bicyclic) bond motifs is 25. The quantitative estimate of drug-likeness (QED) is 0.0473. The van der Waals surface area contributed by atoms with Crippen LogP contribution in [0.2, 0.25) is 0 Å². The first kappa shape index (κ1) is 75.9. The molecule has 14 heteroatoms. The number of carboxylic acid groups (broad SMARTS) is 6. The van der Waals surface area contributed by atoms with Gasteiger partial charge in [-0.1, -0.05) is 133 Å². The number of rotatable bonds is 23. The molecule has 15 aliphatic carbocycles. The Labute approximate surface area is 589 Å². The van der Waals surface area contributed by atoms with Crippen molar-refractivity contribution in [2.24, 2.45) is 213 Å². The Hall–Kier alpha value is -3.26. The van der Waals surface area contributed by atoms with Gasteiger partial charge in [-0.3, -0.25) is 28.8 Å². The van der Waals surface area contributed by atoms with Gasteiger partial charge in [0.2, 0.25) is 0 Å². The number of hydrogen-bond donors (Lipinski definition) is 8. The Kier molecular flexibility index (Phi) is 24.2. The molecule has 0 heterocycles. The summed E-state index contributed by atoms with van der Waals surface area (Å²) >= 11 is 0. The monoisotopic (exact) mass is 1370 g/mol. The van der Waals surface area contributed by atoms with Crippen LogP contribution in [-0.2, 0) is 28.8 Å². The lowest BCUT2D eigenvalue weighted by Crippen LogP contribution is -2.44. The minimum atomic E-state index is -1.03. The average Bonchev–Trinajstić information content (AvgIpc) is 1.56. The molecule has 98 heavy (non-hydrogen) atoms. The Morgan fingerprint density at radius 3 is 1.03 bits per heavy atom. The lowest BCUT2D eigenvalue weighted by atomic mass is 9.65. The molecule has 8 N–H and O–H groups in total. The van der Waals surface area contributed by atoms with Crippen molar-refractivity contribution < 1.29 is 69.6 Å². The molecule has 0 aromatic heterocycles. The van der Waals surface area contributed by atoms with Gasteiger partial charge in [0.1, 0.15) is 0 Å². The zero-order chi connectivity index (χ0) is 70.8. The highest BCUT2D eigenvalue weighted by Crippen LogP contribution is 2.72. The molecule has 15 saturated carbocycles. The summed E-state index contributed by atoms with van der Waals surface area (Å²) in [5.41, 5.74) is -1.03. The van der Waals surface area contributed by atoms with Crippen molar-refractivity contribution in [1.29, 1.82) is 0 Å². The van der Waals surface area contributed by atoms with E-state index in [1.54, 1.807) is 6.92 Å². The summed E-state index contributed by atoms with van der Waals surface area (Å²) in [5.74, 6) is 18.3. The van der Waals surface area contributed by atoms with Crippen LogP contribution in [0.5, 0.6) is 0 Å². The van der Waals surface area contributed by atoms with E-state index < -0.39 is 59.4 Å². The highest BCUT2D eigenvalue weighted by atomic mass is 16.4. The zero-order valence-corrected chi connectivity index (χ0v) is 62.4. The molecule has 556 valence electrons. The molecule has 0 radical (unpaired) electrons. The van der Waals surface area contributed by atoms with Crippen LogP contribution in [0.3, 0.4) is 0 Å². The molecule has 15 aliphatic rings. The van der Waals surface area contributed by atoms with Gasteiger partial charge in [0, 0.05) is 12.8 Å². The van der Waals surface area contributed by atoms with E-state index in [1.807, 2.05) is 0 Å². The summed E-state index contributed by atoms with van der Waals surface area (Å²) in [6.45, 7) is 24.8. The smallest absolute Gasteiger partial charge is 0.307 e. The summed E-state index contributed by atoms with van der Waals surface area (Å²) < 4.78 is 0. The molecule has 0 saturated heterocycles. The predicted molar refractivity (Wildman–Crippen MR) is 379 cm³/mol. The van der Waals surface area contributed by atoms with Crippen LogP contribution in [-0.4, -0.2) is 88.4 Å². The normalized spacial score (nSPS) is 48.2. The molecule has 15 rings (SSSR count). The first-order valence-electron chi connectivity index (χ1n) is 41.5. The third kappa shape index (κ3) is 13.9. The van der Waals surface area contributed by atoms with Gasteiger partial charge in [0.15, 0.2) is 0 Å². The lowest BCUT2D eigenvalue weighted by Gasteiger charge is -2.42. The summed E-state index contributed by atoms with van der Waals surface area (Å²) in [4.78, 5) is 66.9. The number of aliphatic hydroxyl groups is 2. The summed E-state index contributed by atoms with van der Waals surface area (Å²) in [5, 5.41) is 76.0. The largest absolute Gasteiger partial charge is 0.481 e. The predicted octanol–water partition coefficient (Wildman–Crippen LogP) is 17.5. The molecular weight excluding hydrogens is 1230 g/mol. The first-order valence-corrected chi connectivity index (χ1v) is 41.5. The second-order valence-corrected chi connectivity index (χ2v) is 36.9. The molecule has 0 amide bonds. The summed E-state index contributed by atoms with van der Waals surface area (Å²) in [6, 6.07) is 0. The number of aliphatic carboxylic acids is 6. The van der Waals surface area contributed by atoms with Crippen molar-refractivity contribution in [2.75, 3.05) is 0 Å². The first-order chi connectivity index (χ1) is 46.8. The van der Waals surface area contributed by atoms with E-state index in [0.717, 1.165) is 175 Å². The Morgan fingerprint density at radius 2 is 0.663 bits per heavy atom. The minimum Gasteiger partial charge on any atom is -0.481 e. The van der Waals surface area contributed by atoms with Gasteiger partial charge < -0.3 is 40.9 Å². The Morgan fingerprint density at radius 1 is 0.337 bits per heavy atom. The van der Waals surface area contributed by atoms with Crippen LogP contribution in [0, 0.1) is 213 Å². The number of carboxylic acids is 6. The molecule has 38 atom stereocenters. The van der Waals surface area contributed by atoms with Gasteiger partial charge in [-0.15, -0.1) is 0 Å². The molecule has 10 bridgehead atoms. The fourth-order valence-electron chi connectivity index (χ4n) is 31.0. The van der Waals surface area contributed by atoms with Gasteiger partial charge >= 0.3 is 35.8 Å². The molecule has 15 fully saturated rings. The molecule has 0 aliphatic heterocycles. The van der Waals surface area contributed by atoms with Gasteiger partial charge in [-0.2, -0.15) is 0 Å². The molecule has 38 unspecified atom stereocenters. The van der Waals surface area contributed by atoms with Crippen molar-refractivity contribution in [3.63, 3.8) is 0 Å². The van der Waals surface area contributed by atoms with E-state index in [2.05, 4.69) is 69.2 Å². The molecule has 14 nitrogen and oxygen atoms in total. The van der Waals surface area contributed by atoms with Crippen molar-refractivity contribution >= 4 is 35.8 Å². The second-order valence-electron chi connectivity index (χ2n) is 36.9.